The van der Waals surface area contributed by atoms with Gasteiger partial charge in [0, 0.05) is 17.3 Å². The predicted octanol–water partition coefficient (Wildman–Crippen LogP) is 3.54. The van der Waals surface area contributed by atoms with E-state index in [1.807, 2.05) is 6.92 Å². The molecule has 6 nitrogen and oxygen atoms in total. The van der Waals surface area contributed by atoms with Gasteiger partial charge in [0.25, 0.3) is 5.91 Å². The Morgan fingerprint density at radius 1 is 1.19 bits per heavy atom. The van der Waals surface area contributed by atoms with Gasteiger partial charge in [0.15, 0.2) is 5.69 Å². The van der Waals surface area contributed by atoms with Gasteiger partial charge in [-0.2, -0.15) is 5.10 Å². The molecule has 0 saturated carbocycles. The van der Waals surface area contributed by atoms with Crippen molar-refractivity contribution in [2.45, 2.75) is 6.92 Å². The highest BCUT2D eigenvalue weighted by atomic mass is 35.5. The Balaban J connectivity index is 1.93. The first kappa shape index (κ1) is 17.7. The molecule has 3 rings (SSSR count). The molecule has 132 valence electrons. The molecule has 1 heterocycles. The molecular formula is C19H16ClN3O3. The van der Waals surface area contributed by atoms with Crippen LogP contribution in [0.3, 0.4) is 0 Å². The normalized spacial score (nSPS) is 10.4. The molecule has 0 aliphatic rings. The van der Waals surface area contributed by atoms with Crippen LogP contribution in [0.15, 0.2) is 65.6 Å². The lowest BCUT2D eigenvalue weighted by atomic mass is 10.2. The van der Waals surface area contributed by atoms with Gasteiger partial charge in [-0.1, -0.05) is 29.8 Å². The Morgan fingerprint density at radius 3 is 2.77 bits per heavy atom. The lowest BCUT2D eigenvalue weighted by Crippen LogP contribution is -2.25. The minimum absolute atomic E-state index is 0.223. The van der Waals surface area contributed by atoms with Gasteiger partial charge in [-0.25, -0.2) is 4.68 Å². The van der Waals surface area contributed by atoms with E-state index < -0.39 is 11.3 Å². The van der Waals surface area contributed by atoms with Crippen LogP contribution < -0.4 is 15.5 Å². The molecule has 0 fully saturated rings. The van der Waals surface area contributed by atoms with Crippen LogP contribution in [0.4, 0.5) is 5.69 Å². The minimum atomic E-state index is -0.612. The molecule has 26 heavy (non-hydrogen) atoms. The topological polar surface area (TPSA) is 73.2 Å². The van der Waals surface area contributed by atoms with Crippen molar-refractivity contribution in [1.29, 1.82) is 0 Å². The Labute approximate surface area is 155 Å². The number of anilines is 1. The van der Waals surface area contributed by atoms with Crippen LogP contribution in [0.2, 0.25) is 5.02 Å². The molecule has 1 N–H and O–H groups in total. The lowest BCUT2D eigenvalue weighted by Gasteiger charge is -2.11. The number of ether oxygens (including phenoxy) is 1. The fourth-order valence-corrected chi connectivity index (χ4v) is 2.54. The van der Waals surface area contributed by atoms with Crippen molar-refractivity contribution in [3.8, 4) is 11.4 Å². The molecular weight excluding hydrogens is 354 g/mol. The number of para-hydroxylation sites is 2. The molecule has 1 aromatic heterocycles. The maximum absolute atomic E-state index is 12.6. The van der Waals surface area contributed by atoms with Gasteiger partial charge in [-0.15, -0.1) is 0 Å². The van der Waals surface area contributed by atoms with E-state index in [2.05, 4.69) is 10.4 Å². The Morgan fingerprint density at radius 2 is 2.00 bits per heavy atom. The molecule has 0 aliphatic carbocycles. The van der Waals surface area contributed by atoms with Crippen molar-refractivity contribution in [2.24, 2.45) is 0 Å². The van der Waals surface area contributed by atoms with Crippen LogP contribution in [0.5, 0.6) is 5.75 Å². The van der Waals surface area contributed by atoms with E-state index in [1.54, 1.807) is 48.5 Å². The van der Waals surface area contributed by atoms with E-state index in [1.165, 1.54) is 16.9 Å². The molecule has 0 unspecified atom stereocenters. The van der Waals surface area contributed by atoms with Crippen molar-refractivity contribution in [3.05, 3.63) is 81.7 Å². The molecule has 0 bridgehead atoms. The summed E-state index contributed by atoms with van der Waals surface area (Å²) in [6.45, 7) is 2.30. The van der Waals surface area contributed by atoms with Gasteiger partial charge in [0.1, 0.15) is 5.75 Å². The predicted molar refractivity (Wildman–Crippen MR) is 100 cm³/mol. The van der Waals surface area contributed by atoms with Crippen LogP contribution in [0, 0.1) is 0 Å². The van der Waals surface area contributed by atoms with E-state index in [9.17, 15) is 9.59 Å². The third-order valence-corrected chi connectivity index (χ3v) is 3.77. The molecule has 0 atom stereocenters. The maximum atomic E-state index is 12.6. The van der Waals surface area contributed by atoms with Crippen molar-refractivity contribution in [3.63, 3.8) is 0 Å². The average Bonchev–Trinajstić information content (AvgIpc) is 2.64. The highest BCUT2D eigenvalue weighted by Crippen LogP contribution is 2.24. The van der Waals surface area contributed by atoms with E-state index in [-0.39, 0.29) is 5.69 Å². The molecule has 3 aromatic rings. The number of hydrogen-bond donors (Lipinski definition) is 1. The van der Waals surface area contributed by atoms with Crippen molar-refractivity contribution in [2.75, 3.05) is 11.9 Å². The zero-order chi connectivity index (χ0) is 18.5. The fourth-order valence-electron chi connectivity index (χ4n) is 2.36. The van der Waals surface area contributed by atoms with Crippen LogP contribution in [0.25, 0.3) is 5.69 Å². The molecule has 7 heteroatoms. The number of halogens is 1. The average molecular weight is 370 g/mol. The van der Waals surface area contributed by atoms with Gasteiger partial charge in [0.05, 0.1) is 18.0 Å². The lowest BCUT2D eigenvalue weighted by molar-refractivity contribution is 0.101. The first-order chi connectivity index (χ1) is 12.6. The fraction of sp³-hybridized carbons (Fsp3) is 0.105. The largest absolute Gasteiger partial charge is 0.492 e. The summed E-state index contributed by atoms with van der Waals surface area (Å²) in [6, 6.07) is 15.2. The molecule has 0 aliphatic heterocycles. The second-order valence-corrected chi connectivity index (χ2v) is 5.77. The number of amides is 1. The number of hydrogen-bond acceptors (Lipinski definition) is 4. The molecule has 0 saturated heterocycles. The van der Waals surface area contributed by atoms with E-state index >= 15 is 0 Å². The summed E-state index contributed by atoms with van der Waals surface area (Å²) in [6.07, 6.45) is 1.49. The SMILES string of the molecule is CCOc1ccccc1NC(=O)c1nn(-c2cccc(Cl)c2)ccc1=O. The minimum Gasteiger partial charge on any atom is -0.492 e. The zero-order valence-corrected chi connectivity index (χ0v) is 14.7. The number of nitrogens with one attached hydrogen (secondary N) is 1. The summed E-state index contributed by atoms with van der Waals surface area (Å²) in [5.74, 6) is -0.0898. The smallest absolute Gasteiger partial charge is 0.280 e. The summed E-state index contributed by atoms with van der Waals surface area (Å²) >= 11 is 5.99. The number of benzene rings is 2. The van der Waals surface area contributed by atoms with Gasteiger partial charge < -0.3 is 10.1 Å². The Hall–Kier alpha value is -3.12. The highest BCUT2D eigenvalue weighted by molar-refractivity contribution is 6.30. The molecule has 2 aromatic carbocycles. The summed E-state index contributed by atoms with van der Waals surface area (Å²) in [5.41, 5.74) is 0.411. The summed E-state index contributed by atoms with van der Waals surface area (Å²) in [7, 11) is 0. The van der Waals surface area contributed by atoms with E-state index in [0.717, 1.165) is 0 Å². The number of rotatable bonds is 5. The third kappa shape index (κ3) is 3.92. The zero-order valence-electron chi connectivity index (χ0n) is 14.0. The number of aromatic nitrogens is 2. The summed E-state index contributed by atoms with van der Waals surface area (Å²) < 4.78 is 6.90. The summed E-state index contributed by atoms with van der Waals surface area (Å²) in [4.78, 5) is 24.7. The van der Waals surface area contributed by atoms with Gasteiger partial charge in [-0.3, -0.25) is 9.59 Å². The van der Waals surface area contributed by atoms with Gasteiger partial charge in [-0.05, 0) is 37.3 Å². The second-order valence-electron chi connectivity index (χ2n) is 5.34. The number of carbonyl (C=O) groups is 1. The standard InChI is InChI=1S/C19H16ClN3O3/c1-2-26-17-9-4-3-8-15(17)21-19(25)18-16(24)10-11-23(22-18)14-7-5-6-13(20)12-14/h3-12H,2H2,1H3,(H,21,25). The second kappa shape index (κ2) is 7.84. The number of carbonyl (C=O) groups excluding carboxylic acids is 1. The van der Waals surface area contributed by atoms with E-state index in [0.29, 0.717) is 28.8 Å². The molecule has 1 amide bonds. The van der Waals surface area contributed by atoms with Crippen molar-refractivity contribution in [1.82, 2.24) is 9.78 Å². The Bertz CT molecular complexity index is 1000. The third-order valence-electron chi connectivity index (χ3n) is 3.53. The first-order valence-electron chi connectivity index (χ1n) is 7.97. The Kier molecular flexibility index (Phi) is 5.34. The van der Waals surface area contributed by atoms with Crippen LogP contribution in [-0.2, 0) is 0 Å². The van der Waals surface area contributed by atoms with Crippen LogP contribution in [-0.4, -0.2) is 22.3 Å². The number of nitrogens with zero attached hydrogens (tertiary/aromatic N) is 2. The molecule has 0 radical (unpaired) electrons. The van der Waals surface area contributed by atoms with Crippen molar-refractivity contribution < 1.29 is 9.53 Å². The first-order valence-corrected chi connectivity index (χ1v) is 8.35. The highest BCUT2D eigenvalue weighted by Gasteiger charge is 2.15. The van der Waals surface area contributed by atoms with Gasteiger partial charge in [0.2, 0.25) is 5.43 Å². The van der Waals surface area contributed by atoms with E-state index in [4.69, 9.17) is 16.3 Å². The maximum Gasteiger partial charge on any atom is 0.280 e. The quantitative estimate of drug-likeness (QED) is 0.746. The molecule has 0 spiro atoms. The van der Waals surface area contributed by atoms with Gasteiger partial charge >= 0.3 is 0 Å². The monoisotopic (exact) mass is 369 g/mol. The van der Waals surface area contributed by atoms with Crippen molar-refractivity contribution >= 4 is 23.2 Å². The van der Waals surface area contributed by atoms with Crippen LogP contribution >= 0.6 is 11.6 Å². The van der Waals surface area contributed by atoms with Crippen LogP contribution in [0.1, 0.15) is 17.4 Å². The summed E-state index contributed by atoms with van der Waals surface area (Å²) in [5, 5.41) is 7.35.